The van der Waals surface area contributed by atoms with Gasteiger partial charge in [-0.15, -0.1) is 0 Å². The Morgan fingerprint density at radius 1 is 1.00 bits per heavy atom. The van der Waals surface area contributed by atoms with Gasteiger partial charge in [0, 0.05) is 22.6 Å². The highest BCUT2D eigenvalue weighted by molar-refractivity contribution is 7.89. The number of aromatic nitrogens is 1. The van der Waals surface area contributed by atoms with Crippen LogP contribution in [0.25, 0.3) is 10.9 Å². The van der Waals surface area contributed by atoms with Crippen LogP contribution in [-0.2, 0) is 16.4 Å². The quantitative estimate of drug-likeness (QED) is 0.753. The molecule has 120 valence electrons. The van der Waals surface area contributed by atoms with E-state index in [0.29, 0.717) is 6.42 Å². The summed E-state index contributed by atoms with van der Waals surface area (Å²) >= 11 is 0. The molecule has 2 N–H and O–H groups in total. The van der Waals surface area contributed by atoms with Crippen LogP contribution in [0, 0.1) is 0 Å². The molecule has 0 bridgehead atoms. The minimum absolute atomic E-state index is 0.284. The van der Waals surface area contributed by atoms with E-state index in [0.717, 1.165) is 16.5 Å². The first-order valence-electron chi connectivity index (χ1n) is 7.51. The van der Waals surface area contributed by atoms with E-state index in [2.05, 4.69) is 9.71 Å². The van der Waals surface area contributed by atoms with Gasteiger partial charge in [-0.1, -0.05) is 36.4 Å². The van der Waals surface area contributed by atoms with Gasteiger partial charge in [-0.2, -0.15) is 0 Å². The fourth-order valence-electron chi connectivity index (χ4n) is 2.81. The average Bonchev–Trinajstić information content (AvgIpc) is 2.90. The van der Waals surface area contributed by atoms with Crippen molar-refractivity contribution in [1.29, 1.82) is 0 Å². The summed E-state index contributed by atoms with van der Waals surface area (Å²) in [5, 5.41) is 1.12. The van der Waals surface area contributed by atoms with Gasteiger partial charge in [0.1, 0.15) is 0 Å². The molecule has 1 heterocycles. The normalized spacial score (nSPS) is 12.6. The maximum absolute atomic E-state index is 12.5. The van der Waals surface area contributed by atoms with Crippen LogP contribution < -0.4 is 4.72 Å². The number of sulfonamides is 1. The molecule has 0 saturated carbocycles. The van der Waals surface area contributed by atoms with Crippen LogP contribution in [0.5, 0.6) is 0 Å². The van der Waals surface area contributed by atoms with Gasteiger partial charge in [-0.3, -0.25) is 0 Å². The van der Waals surface area contributed by atoms with Gasteiger partial charge in [0.2, 0.25) is 10.0 Å². The molecule has 1 aromatic heterocycles. The predicted octanol–water partition coefficient (Wildman–Crippen LogP) is 3.47. The summed E-state index contributed by atoms with van der Waals surface area (Å²) in [6, 6.07) is 16.5. The van der Waals surface area contributed by atoms with Crippen molar-refractivity contribution in [2.75, 3.05) is 0 Å². The molecule has 2 aromatic carbocycles. The van der Waals surface area contributed by atoms with Crippen LogP contribution in [-0.4, -0.2) is 18.9 Å². The lowest BCUT2D eigenvalue weighted by molar-refractivity contribution is 0.451. The third-order valence-corrected chi connectivity index (χ3v) is 5.49. The van der Waals surface area contributed by atoms with Crippen molar-refractivity contribution in [2.24, 2.45) is 0 Å². The van der Waals surface area contributed by atoms with E-state index in [9.17, 15) is 8.42 Å². The van der Waals surface area contributed by atoms with Crippen LogP contribution in [0.4, 0.5) is 0 Å². The molecule has 5 heteroatoms. The number of aromatic amines is 1. The number of para-hydroxylation sites is 1. The number of hydrogen-bond donors (Lipinski definition) is 2. The first kappa shape index (κ1) is 15.8. The summed E-state index contributed by atoms with van der Waals surface area (Å²) in [5.41, 5.74) is 1.56. The van der Waals surface area contributed by atoms with Gasteiger partial charge in [0.25, 0.3) is 0 Å². The summed E-state index contributed by atoms with van der Waals surface area (Å²) in [6.45, 7) is 3.80. The molecule has 0 atom stereocenters. The lowest BCUT2D eigenvalue weighted by Crippen LogP contribution is -2.44. The van der Waals surface area contributed by atoms with Crippen LogP contribution in [0.1, 0.15) is 19.4 Å². The summed E-state index contributed by atoms with van der Waals surface area (Å²) in [5.74, 6) is 0. The lowest BCUT2D eigenvalue weighted by Gasteiger charge is -2.26. The highest BCUT2D eigenvalue weighted by Gasteiger charge is 2.27. The van der Waals surface area contributed by atoms with Gasteiger partial charge < -0.3 is 4.98 Å². The Bertz CT molecular complexity index is 912. The van der Waals surface area contributed by atoms with Crippen molar-refractivity contribution < 1.29 is 8.42 Å². The summed E-state index contributed by atoms with van der Waals surface area (Å²) < 4.78 is 27.9. The molecule has 0 saturated heterocycles. The summed E-state index contributed by atoms with van der Waals surface area (Å²) in [4.78, 5) is 3.51. The number of fused-ring (bicyclic) bond motifs is 1. The number of rotatable bonds is 5. The minimum atomic E-state index is -3.53. The fraction of sp³-hybridized carbons (Fsp3) is 0.222. The van der Waals surface area contributed by atoms with Gasteiger partial charge in [-0.05, 0) is 44.0 Å². The number of benzene rings is 2. The van der Waals surface area contributed by atoms with E-state index in [1.54, 1.807) is 30.3 Å². The number of nitrogens with one attached hydrogen (secondary N) is 2. The lowest BCUT2D eigenvalue weighted by atomic mass is 9.96. The highest BCUT2D eigenvalue weighted by atomic mass is 32.2. The maximum Gasteiger partial charge on any atom is 0.241 e. The zero-order valence-corrected chi connectivity index (χ0v) is 14.0. The molecule has 3 rings (SSSR count). The standard InChI is InChI=1S/C18H20N2O2S/c1-18(2,20-23(21,22)15-8-4-3-5-9-15)12-14-13-19-17-11-7-6-10-16(14)17/h3-11,13,19-20H,12H2,1-2H3. The highest BCUT2D eigenvalue weighted by Crippen LogP contribution is 2.23. The van der Waals surface area contributed by atoms with Crippen LogP contribution in [0.2, 0.25) is 0 Å². The number of H-pyrrole nitrogens is 1. The molecule has 4 nitrogen and oxygen atoms in total. The molecule has 0 spiro atoms. The Morgan fingerprint density at radius 3 is 2.39 bits per heavy atom. The van der Waals surface area contributed by atoms with Gasteiger partial charge >= 0.3 is 0 Å². The molecule has 0 fully saturated rings. The minimum Gasteiger partial charge on any atom is -0.361 e. The monoisotopic (exact) mass is 328 g/mol. The molecule has 0 radical (unpaired) electrons. The van der Waals surface area contributed by atoms with Crippen molar-refractivity contribution >= 4 is 20.9 Å². The van der Waals surface area contributed by atoms with Crippen LogP contribution >= 0.6 is 0 Å². The van der Waals surface area contributed by atoms with E-state index >= 15 is 0 Å². The van der Waals surface area contributed by atoms with Crippen molar-refractivity contribution in [1.82, 2.24) is 9.71 Å². The fourth-order valence-corrected chi connectivity index (χ4v) is 4.25. The van der Waals surface area contributed by atoms with E-state index in [4.69, 9.17) is 0 Å². The Labute approximate surface area is 136 Å². The molecule has 3 aromatic rings. The second kappa shape index (κ2) is 5.83. The Morgan fingerprint density at radius 2 is 1.65 bits per heavy atom. The molecular formula is C18H20N2O2S. The van der Waals surface area contributed by atoms with Crippen molar-refractivity contribution in [3.63, 3.8) is 0 Å². The second-order valence-electron chi connectivity index (χ2n) is 6.34. The van der Waals surface area contributed by atoms with E-state index in [1.807, 2.05) is 44.3 Å². The van der Waals surface area contributed by atoms with E-state index < -0.39 is 15.6 Å². The smallest absolute Gasteiger partial charge is 0.241 e. The molecular weight excluding hydrogens is 308 g/mol. The number of hydrogen-bond acceptors (Lipinski definition) is 2. The van der Waals surface area contributed by atoms with Crippen molar-refractivity contribution in [3.05, 3.63) is 66.4 Å². The largest absolute Gasteiger partial charge is 0.361 e. The Balaban J connectivity index is 1.85. The molecule has 0 amide bonds. The average molecular weight is 328 g/mol. The van der Waals surface area contributed by atoms with Gasteiger partial charge in [-0.25, -0.2) is 13.1 Å². The van der Waals surface area contributed by atoms with Crippen LogP contribution in [0.3, 0.4) is 0 Å². The molecule has 0 aliphatic rings. The Kier molecular flexibility index (Phi) is 4.00. The SMILES string of the molecule is CC(C)(Cc1c[nH]c2ccccc12)NS(=O)(=O)c1ccccc1. The first-order chi connectivity index (χ1) is 10.9. The second-order valence-corrected chi connectivity index (χ2v) is 8.02. The maximum atomic E-state index is 12.5. The molecule has 0 unspecified atom stereocenters. The van der Waals surface area contributed by atoms with E-state index in [-0.39, 0.29) is 4.90 Å². The third-order valence-electron chi connectivity index (χ3n) is 3.77. The topological polar surface area (TPSA) is 62.0 Å². The first-order valence-corrected chi connectivity index (χ1v) is 9.00. The molecule has 0 aliphatic carbocycles. The molecule has 0 aliphatic heterocycles. The van der Waals surface area contributed by atoms with Gasteiger partial charge in [0.15, 0.2) is 0 Å². The van der Waals surface area contributed by atoms with Crippen LogP contribution in [0.15, 0.2) is 65.7 Å². The summed E-state index contributed by atoms with van der Waals surface area (Å²) in [6.07, 6.45) is 2.55. The zero-order chi connectivity index (χ0) is 16.5. The third kappa shape index (κ3) is 3.46. The summed E-state index contributed by atoms with van der Waals surface area (Å²) in [7, 11) is -3.53. The Hall–Kier alpha value is -2.11. The van der Waals surface area contributed by atoms with E-state index in [1.165, 1.54) is 0 Å². The zero-order valence-electron chi connectivity index (χ0n) is 13.2. The van der Waals surface area contributed by atoms with Crippen molar-refractivity contribution in [3.8, 4) is 0 Å². The predicted molar refractivity (Wildman–Crippen MR) is 92.8 cm³/mol. The van der Waals surface area contributed by atoms with Gasteiger partial charge in [0.05, 0.1) is 4.90 Å². The van der Waals surface area contributed by atoms with Crippen molar-refractivity contribution in [2.45, 2.75) is 30.7 Å². The molecule has 23 heavy (non-hydrogen) atoms.